The predicted molar refractivity (Wildman–Crippen MR) is 81.8 cm³/mol. The summed E-state index contributed by atoms with van der Waals surface area (Å²) >= 11 is 0. The number of hydrogen-bond acceptors (Lipinski definition) is 1. The van der Waals surface area contributed by atoms with Gasteiger partial charge in [0, 0.05) is 6.08 Å². The van der Waals surface area contributed by atoms with Gasteiger partial charge < -0.3 is 5.32 Å². The summed E-state index contributed by atoms with van der Waals surface area (Å²) in [4.78, 5) is 11.6. The van der Waals surface area contributed by atoms with E-state index in [1.54, 1.807) is 24.3 Å². The Bertz CT molecular complexity index is 696. The lowest BCUT2D eigenvalue weighted by atomic mass is 10.2. The molecule has 0 saturated carbocycles. The van der Waals surface area contributed by atoms with E-state index in [2.05, 4.69) is 17.2 Å². The first-order valence-corrected chi connectivity index (χ1v) is 6.50. The monoisotopic (exact) mass is 279 g/mol. The van der Waals surface area contributed by atoms with E-state index in [0.717, 1.165) is 5.56 Å². The second kappa shape index (κ2) is 7.66. The Labute approximate surface area is 123 Å². The van der Waals surface area contributed by atoms with Crippen molar-refractivity contribution in [1.29, 1.82) is 0 Å². The predicted octanol–water partition coefficient (Wildman–Crippen LogP) is 3.01. The normalized spacial score (nSPS) is 9.95. The summed E-state index contributed by atoms with van der Waals surface area (Å²) < 4.78 is 13.3. The van der Waals surface area contributed by atoms with Gasteiger partial charge in [0.1, 0.15) is 5.82 Å². The van der Waals surface area contributed by atoms with Crippen LogP contribution in [0.3, 0.4) is 0 Å². The van der Waals surface area contributed by atoms with Gasteiger partial charge in [-0.2, -0.15) is 0 Å². The van der Waals surface area contributed by atoms with Crippen molar-refractivity contribution in [1.82, 2.24) is 5.32 Å². The van der Waals surface area contributed by atoms with Crippen molar-refractivity contribution >= 4 is 12.0 Å². The Morgan fingerprint density at radius 2 is 1.81 bits per heavy atom. The molecule has 3 heteroatoms. The molecule has 2 aromatic carbocycles. The highest BCUT2D eigenvalue weighted by Gasteiger charge is 1.95. The Morgan fingerprint density at radius 3 is 2.57 bits per heavy atom. The van der Waals surface area contributed by atoms with Crippen LogP contribution in [0.15, 0.2) is 60.7 Å². The average molecular weight is 279 g/mol. The molecule has 0 fully saturated rings. The van der Waals surface area contributed by atoms with Gasteiger partial charge in [-0.05, 0) is 23.8 Å². The molecule has 0 aromatic heterocycles. The average Bonchev–Trinajstić information content (AvgIpc) is 2.52. The van der Waals surface area contributed by atoms with Crippen molar-refractivity contribution in [3.63, 3.8) is 0 Å². The van der Waals surface area contributed by atoms with Crippen molar-refractivity contribution in [2.75, 3.05) is 6.54 Å². The lowest BCUT2D eigenvalue weighted by Crippen LogP contribution is -2.20. The number of rotatable bonds is 3. The third-order valence-electron chi connectivity index (χ3n) is 2.67. The van der Waals surface area contributed by atoms with E-state index in [9.17, 15) is 9.18 Å². The van der Waals surface area contributed by atoms with Crippen molar-refractivity contribution in [3.05, 3.63) is 77.6 Å². The third kappa shape index (κ3) is 4.96. The van der Waals surface area contributed by atoms with E-state index in [1.165, 1.54) is 12.1 Å². The van der Waals surface area contributed by atoms with Gasteiger partial charge in [-0.25, -0.2) is 4.39 Å². The number of carbonyl (C=O) groups excluding carboxylic acids is 1. The van der Waals surface area contributed by atoms with Crippen molar-refractivity contribution in [2.24, 2.45) is 0 Å². The van der Waals surface area contributed by atoms with Crippen LogP contribution in [-0.2, 0) is 4.79 Å². The first-order valence-electron chi connectivity index (χ1n) is 6.50. The van der Waals surface area contributed by atoms with Gasteiger partial charge in [0.2, 0.25) is 5.91 Å². The molecular weight excluding hydrogens is 265 g/mol. The van der Waals surface area contributed by atoms with E-state index >= 15 is 0 Å². The zero-order chi connectivity index (χ0) is 14.9. The van der Waals surface area contributed by atoms with Gasteiger partial charge >= 0.3 is 0 Å². The first-order chi connectivity index (χ1) is 10.3. The molecule has 2 aromatic rings. The summed E-state index contributed by atoms with van der Waals surface area (Å²) in [6.07, 6.45) is 3.17. The second-order valence-electron chi connectivity index (χ2n) is 4.24. The number of carbonyl (C=O) groups is 1. The lowest BCUT2D eigenvalue weighted by molar-refractivity contribution is -0.116. The maximum absolute atomic E-state index is 13.3. The SMILES string of the molecule is O=C(/C=C/c1ccccc1)NCC#Cc1ccccc1F. The van der Waals surface area contributed by atoms with Crippen molar-refractivity contribution < 1.29 is 9.18 Å². The zero-order valence-electron chi connectivity index (χ0n) is 11.3. The van der Waals surface area contributed by atoms with Crippen LogP contribution in [-0.4, -0.2) is 12.5 Å². The highest BCUT2D eigenvalue weighted by Crippen LogP contribution is 2.03. The molecule has 0 heterocycles. The molecule has 0 atom stereocenters. The van der Waals surface area contributed by atoms with E-state index in [4.69, 9.17) is 0 Å². The van der Waals surface area contributed by atoms with E-state index in [-0.39, 0.29) is 18.3 Å². The minimum atomic E-state index is -0.361. The Kier molecular flexibility index (Phi) is 5.31. The van der Waals surface area contributed by atoms with E-state index < -0.39 is 0 Å². The molecule has 2 nitrogen and oxygen atoms in total. The summed E-state index contributed by atoms with van der Waals surface area (Å²) in [5.74, 6) is 4.80. The second-order valence-corrected chi connectivity index (χ2v) is 4.24. The van der Waals surface area contributed by atoms with Crippen LogP contribution in [0.4, 0.5) is 4.39 Å². The third-order valence-corrected chi connectivity index (χ3v) is 2.67. The lowest BCUT2D eigenvalue weighted by Gasteiger charge is -1.95. The molecule has 2 rings (SSSR count). The molecule has 0 bridgehead atoms. The number of benzene rings is 2. The molecule has 1 amide bonds. The molecule has 0 aliphatic rings. The molecule has 0 spiro atoms. The number of nitrogens with one attached hydrogen (secondary N) is 1. The van der Waals surface area contributed by atoms with Crippen LogP contribution in [0, 0.1) is 17.7 Å². The molecular formula is C18H14FNO. The fourth-order valence-electron chi connectivity index (χ4n) is 1.63. The molecule has 0 aliphatic carbocycles. The van der Waals surface area contributed by atoms with E-state index in [0.29, 0.717) is 5.56 Å². The van der Waals surface area contributed by atoms with Gasteiger partial charge in [-0.3, -0.25) is 4.79 Å². The Morgan fingerprint density at radius 1 is 1.10 bits per heavy atom. The van der Waals surface area contributed by atoms with Gasteiger partial charge in [0.25, 0.3) is 0 Å². The number of amides is 1. The molecule has 0 radical (unpaired) electrons. The molecule has 0 aliphatic heterocycles. The van der Waals surface area contributed by atoms with Crippen LogP contribution in [0.1, 0.15) is 11.1 Å². The maximum atomic E-state index is 13.3. The topological polar surface area (TPSA) is 29.1 Å². The van der Waals surface area contributed by atoms with E-state index in [1.807, 2.05) is 30.3 Å². The summed E-state index contributed by atoms with van der Waals surface area (Å²) in [6, 6.07) is 15.8. The van der Waals surface area contributed by atoms with Crippen LogP contribution >= 0.6 is 0 Å². The maximum Gasteiger partial charge on any atom is 0.244 e. The summed E-state index contributed by atoms with van der Waals surface area (Å²) in [5.41, 5.74) is 1.27. The van der Waals surface area contributed by atoms with Crippen molar-refractivity contribution in [3.8, 4) is 11.8 Å². The highest BCUT2D eigenvalue weighted by molar-refractivity contribution is 5.91. The Hall–Kier alpha value is -2.86. The van der Waals surface area contributed by atoms with Crippen LogP contribution in [0.25, 0.3) is 6.08 Å². The summed E-state index contributed by atoms with van der Waals surface area (Å²) in [6.45, 7) is 0.173. The quantitative estimate of drug-likeness (QED) is 0.679. The van der Waals surface area contributed by atoms with Gasteiger partial charge in [-0.15, -0.1) is 0 Å². The molecule has 0 saturated heterocycles. The van der Waals surface area contributed by atoms with Crippen LogP contribution in [0.5, 0.6) is 0 Å². The molecule has 1 N–H and O–H groups in total. The summed E-state index contributed by atoms with van der Waals surface area (Å²) in [7, 11) is 0. The minimum Gasteiger partial charge on any atom is -0.342 e. The van der Waals surface area contributed by atoms with Crippen molar-refractivity contribution in [2.45, 2.75) is 0 Å². The fourth-order valence-corrected chi connectivity index (χ4v) is 1.63. The molecule has 0 unspecified atom stereocenters. The largest absolute Gasteiger partial charge is 0.342 e. The smallest absolute Gasteiger partial charge is 0.244 e. The van der Waals surface area contributed by atoms with Gasteiger partial charge in [-0.1, -0.05) is 54.3 Å². The minimum absolute atomic E-state index is 0.173. The van der Waals surface area contributed by atoms with Crippen LogP contribution in [0.2, 0.25) is 0 Å². The molecule has 104 valence electrons. The standard InChI is InChI=1S/C18H14FNO/c19-17-11-5-4-9-16(17)10-6-14-20-18(21)13-12-15-7-2-1-3-8-15/h1-5,7-9,11-13H,14H2,(H,20,21)/b13-12+. The molecule has 21 heavy (non-hydrogen) atoms. The van der Waals surface area contributed by atoms with Gasteiger partial charge in [0.05, 0.1) is 12.1 Å². The summed E-state index contributed by atoms with van der Waals surface area (Å²) in [5, 5.41) is 2.62. The highest BCUT2D eigenvalue weighted by atomic mass is 19.1. The number of hydrogen-bond donors (Lipinski definition) is 1. The Balaban J connectivity index is 1.83. The first kappa shape index (κ1) is 14.5. The fraction of sp³-hybridized carbons (Fsp3) is 0.0556. The zero-order valence-corrected chi connectivity index (χ0v) is 11.3. The van der Waals surface area contributed by atoms with Crippen LogP contribution < -0.4 is 5.32 Å². The van der Waals surface area contributed by atoms with Gasteiger partial charge in [0.15, 0.2) is 0 Å². The number of halogens is 1.